The molecule has 0 unspecified atom stereocenters. The monoisotopic (exact) mass is 328 g/mol. The van der Waals surface area contributed by atoms with Crippen molar-refractivity contribution in [3.05, 3.63) is 30.0 Å². The van der Waals surface area contributed by atoms with Gasteiger partial charge in [-0.25, -0.2) is 4.98 Å². The predicted octanol–water partition coefficient (Wildman–Crippen LogP) is 3.54. The number of piperidine rings is 1. The predicted molar refractivity (Wildman–Crippen MR) is 95.7 cm³/mol. The molecule has 2 aromatic rings. The fourth-order valence-electron chi connectivity index (χ4n) is 2.91. The van der Waals surface area contributed by atoms with Crippen LogP contribution >= 0.6 is 0 Å². The molecule has 0 radical (unpaired) electrons. The van der Waals surface area contributed by atoms with E-state index in [4.69, 9.17) is 9.47 Å². The first-order chi connectivity index (χ1) is 11.7. The molecular weight excluding hydrogens is 304 g/mol. The van der Waals surface area contributed by atoms with Gasteiger partial charge in [0.15, 0.2) is 11.5 Å². The summed E-state index contributed by atoms with van der Waals surface area (Å²) in [6.45, 7) is 4.05. The van der Waals surface area contributed by atoms with E-state index in [1.54, 1.807) is 14.2 Å². The van der Waals surface area contributed by atoms with Crippen LogP contribution in [0.5, 0.6) is 11.5 Å². The Bertz CT molecular complexity index is 699. The molecule has 1 aromatic carbocycles. The highest BCUT2D eigenvalue weighted by Crippen LogP contribution is 2.31. The Kier molecular flexibility index (Phi) is 5.03. The maximum atomic E-state index is 5.35. The van der Waals surface area contributed by atoms with Crippen molar-refractivity contribution in [2.45, 2.75) is 26.2 Å². The van der Waals surface area contributed by atoms with Gasteiger partial charge in [-0.15, -0.1) is 0 Å². The van der Waals surface area contributed by atoms with Crippen LogP contribution < -0.4 is 19.7 Å². The number of hydrogen-bond acceptors (Lipinski definition) is 6. The van der Waals surface area contributed by atoms with E-state index in [9.17, 15) is 0 Å². The Labute approximate surface area is 142 Å². The van der Waals surface area contributed by atoms with E-state index in [2.05, 4.69) is 20.2 Å². The van der Waals surface area contributed by atoms with Gasteiger partial charge in [-0.3, -0.25) is 0 Å². The number of nitrogens with zero attached hydrogens (tertiary/aromatic N) is 3. The third kappa shape index (κ3) is 3.69. The zero-order valence-electron chi connectivity index (χ0n) is 14.5. The molecule has 1 aromatic heterocycles. The van der Waals surface area contributed by atoms with Gasteiger partial charge in [0.1, 0.15) is 5.82 Å². The van der Waals surface area contributed by atoms with Crippen LogP contribution in [-0.2, 0) is 0 Å². The molecule has 0 aliphatic carbocycles. The normalized spacial score (nSPS) is 14.4. The second-order valence-electron chi connectivity index (χ2n) is 5.94. The lowest BCUT2D eigenvalue weighted by atomic mass is 10.1. The molecular formula is C18H24N4O2. The van der Waals surface area contributed by atoms with Gasteiger partial charge in [0.2, 0.25) is 5.95 Å². The zero-order chi connectivity index (χ0) is 16.9. The third-order valence-corrected chi connectivity index (χ3v) is 4.14. The van der Waals surface area contributed by atoms with Crippen LogP contribution in [-0.4, -0.2) is 37.3 Å². The summed E-state index contributed by atoms with van der Waals surface area (Å²) in [7, 11) is 3.26. The topological polar surface area (TPSA) is 59.5 Å². The van der Waals surface area contributed by atoms with Crippen LogP contribution in [0.15, 0.2) is 24.3 Å². The first-order valence-corrected chi connectivity index (χ1v) is 8.29. The average molecular weight is 328 g/mol. The summed E-state index contributed by atoms with van der Waals surface area (Å²) < 4.78 is 10.6. The van der Waals surface area contributed by atoms with E-state index in [1.807, 2.05) is 31.2 Å². The minimum atomic E-state index is 0.685. The standard InChI is InChI=1S/C18H24N4O2/c1-13-11-17(21-18(19-13)22-9-5-4-6-10-22)20-14-7-8-15(23-2)16(12-14)24-3/h7-8,11-12H,4-6,9-10H2,1-3H3,(H,19,20,21). The van der Waals surface area contributed by atoms with E-state index in [-0.39, 0.29) is 0 Å². The molecule has 0 atom stereocenters. The Morgan fingerprint density at radius 2 is 1.71 bits per heavy atom. The SMILES string of the molecule is COc1ccc(Nc2cc(C)nc(N3CCCCC3)n2)cc1OC. The number of benzene rings is 1. The lowest BCUT2D eigenvalue weighted by molar-refractivity contribution is 0.355. The van der Waals surface area contributed by atoms with E-state index in [0.29, 0.717) is 11.5 Å². The Morgan fingerprint density at radius 3 is 2.42 bits per heavy atom. The van der Waals surface area contributed by atoms with Gasteiger partial charge >= 0.3 is 0 Å². The largest absolute Gasteiger partial charge is 0.493 e. The summed E-state index contributed by atoms with van der Waals surface area (Å²) in [5.74, 6) is 2.98. The van der Waals surface area contributed by atoms with Crippen LogP contribution in [0.3, 0.4) is 0 Å². The number of methoxy groups -OCH3 is 2. The number of aryl methyl sites for hydroxylation is 1. The van der Waals surface area contributed by atoms with E-state index >= 15 is 0 Å². The quantitative estimate of drug-likeness (QED) is 0.906. The molecule has 1 aliphatic rings. The van der Waals surface area contributed by atoms with Crippen molar-refractivity contribution < 1.29 is 9.47 Å². The number of rotatable bonds is 5. The fourth-order valence-corrected chi connectivity index (χ4v) is 2.91. The molecule has 6 nitrogen and oxygen atoms in total. The number of hydrogen-bond donors (Lipinski definition) is 1. The van der Waals surface area contributed by atoms with E-state index in [1.165, 1.54) is 19.3 Å². The Morgan fingerprint density at radius 1 is 0.958 bits per heavy atom. The summed E-state index contributed by atoms with van der Waals surface area (Å²) in [6, 6.07) is 7.67. The number of anilines is 3. The highest BCUT2D eigenvalue weighted by molar-refractivity contribution is 5.62. The second kappa shape index (κ2) is 7.38. The van der Waals surface area contributed by atoms with Gasteiger partial charge in [0.25, 0.3) is 0 Å². The van der Waals surface area contributed by atoms with Crippen molar-refractivity contribution in [3.8, 4) is 11.5 Å². The summed E-state index contributed by atoms with van der Waals surface area (Å²) in [5, 5.41) is 3.34. The molecule has 0 spiro atoms. The minimum Gasteiger partial charge on any atom is -0.493 e. The summed E-state index contributed by atoms with van der Waals surface area (Å²) in [5.41, 5.74) is 1.85. The first-order valence-electron chi connectivity index (χ1n) is 8.29. The molecule has 6 heteroatoms. The molecule has 1 fully saturated rings. The van der Waals surface area contributed by atoms with Crippen molar-refractivity contribution >= 4 is 17.5 Å². The molecule has 0 bridgehead atoms. The number of nitrogens with one attached hydrogen (secondary N) is 1. The molecule has 1 N–H and O–H groups in total. The molecule has 0 saturated carbocycles. The summed E-state index contributed by atoms with van der Waals surface area (Å²) in [6.07, 6.45) is 3.70. The van der Waals surface area contributed by atoms with Crippen molar-refractivity contribution in [2.24, 2.45) is 0 Å². The maximum absolute atomic E-state index is 5.35. The third-order valence-electron chi connectivity index (χ3n) is 4.14. The molecule has 24 heavy (non-hydrogen) atoms. The van der Waals surface area contributed by atoms with Crippen molar-refractivity contribution in [1.82, 2.24) is 9.97 Å². The minimum absolute atomic E-state index is 0.685. The van der Waals surface area contributed by atoms with Gasteiger partial charge in [-0.1, -0.05) is 0 Å². The number of ether oxygens (including phenoxy) is 2. The Balaban J connectivity index is 1.83. The van der Waals surface area contributed by atoms with Gasteiger partial charge < -0.3 is 19.7 Å². The lowest BCUT2D eigenvalue weighted by Gasteiger charge is -2.27. The molecule has 128 valence electrons. The van der Waals surface area contributed by atoms with Crippen LogP contribution in [0.25, 0.3) is 0 Å². The molecule has 2 heterocycles. The fraction of sp³-hybridized carbons (Fsp3) is 0.444. The molecule has 1 saturated heterocycles. The molecule has 0 amide bonds. The lowest BCUT2D eigenvalue weighted by Crippen LogP contribution is -2.31. The average Bonchev–Trinajstić information content (AvgIpc) is 2.62. The van der Waals surface area contributed by atoms with Gasteiger partial charge in [0.05, 0.1) is 14.2 Å². The first kappa shape index (κ1) is 16.4. The number of aromatic nitrogens is 2. The smallest absolute Gasteiger partial charge is 0.227 e. The van der Waals surface area contributed by atoms with Crippen molar-refractivity contribution in [2.75, 3.05) is 37.5 Å². The highest BCUT2D eigenvalue weighted by atomic mass is 16.5. The zero-order valence-corrected chi connectivity index (χ0v) is 14.5. The van der Waals surface area contributed by atoms with Gasteiger partial charge in [0, 0.05) is 36.6 Å². The van der Waals surface area contributed by atoms with Crippen molar-refractivity contribution in [3.63, 3.8) is 0 Å². The van der Waals surface area contributed by atoms with Gasteiger partial charge in [-0.2, -0.15) is 4.98 Å². The van der Waals surface area contributed by atoms with Gasteiger partial charge in [-0.05, 0) is 38.3 Å². The van der Waals surface area contributed by atoms with Crippen LogP contribution in [0.2, 0.25) is 0 Å². The van der Waals surface area contributed by atoms with Crippen LogP contribution in [0, 0.1) is 6.92 Å². The van der Waals surface area contributed by atoms with Crippen molar-refractivity contribution in [1.29, 1.82) is 0 Å². The highest BCUT2D eigenvalue weighted by Gasteiger charge is 2.15. The molecule has 3 rings (SSSR count). The summed E-state index contributed by atoms with van der Waals surface area (Å²) >= 11 is 0. The summed E-state index contributed by atoms with van der Waals surface area (Å²) in [4.78, 5) is 11.5. The maximum Gasteiger partial charge on any atom is 0.227 e. The van der Waals surface area contributed by atoms with Crippen LogP contribution in [0.1, 0.15) is 25.0 Å². The second-order valence-corrected chi connectivity index (χ2v) is 5.94. The van der Waals surface area contributed by atoms with Crippen LogP contribution in [0.4, 0.5) is 17.5 Å². The van der Waals surface area contributed by atoms with E-state index in [0.717, 1.165) is 36.2 Å². The Hall–Kier alpha value is -2.50. The molecule has 1 aliphatic heterocycles. The van der Waals surface area contributed by atoms with E-state index < -0.39 is 0 Å².